The Hall–Kier alpha value is -2.10. The second kappa shape index (κ2) is 3.81. The van der Waals surface area contributed by atoms with Crippen LogP contribution in [0.25, 0.3) is 10.9 Å². The average molecular weight is 217 g/mol. The number of aromatic amines is 1. The lowest BCUT2D eigenvalue weighted by Gasteiger charge is -2.02. The summed E-state index contributed by atoms with van der Waals surface area (Å²) in [7, 11) is 0. The number of nitrogens with one attached hydrogen (secondary N) is 1. The number of H-pyrrole nitrogens is 1. The van der Waals surface area contributed by atoms with Gasteiger partial charge >= 0.3 is 5.97 Å². The summed E-state index contributed by atoms with van der Waals surface area (Å²) in [4.78, 5) is 24.7. The van der Waals surface area contributed by atoms with Gasteiger partial charge in [0.2, 0.25) is 0 Å². The van der Waals surface area contributed by atoms with Gasteiger partial charge in [-0.3, -0.25) is 9.59 Å². The van der Waals surface area contributed by atoms with Crippen LogP contribution in [0.5, 0.6) is 0 Å². The Kier molecular flexibility index (Phi) is 2.48. The van der Waals surface area contributed by atoms with Crippen LogP contribution in [0.3, 0.4) is 0 Å². The SMILES string of the molecule is Cc1cc2ccc(CC(=O)O)cc2[nH]c1=O. The monoisotopic (exact) mass is 217 g/mol. The maximum absolute atomic E-state index is 11.4. The van der Waals surface area contributed by atoms with Crippen LogP contribution in [-0.4, -0.2) is 16.1 Å². The van der Waals surface area contributed by atoms with Gasteiger partial charge in [0.05, 0.1) is 6.42 Å². The molecule has 2 rings (SSSR count). The normalized spacial score (nSPS) is 10.6. The topological polar surface area (TPSA) is 70.2 Å². The van der Waals surface area contributed by atoms with Crippen molar-refractivity contribution in [2.75, 3.05) is 0 Å². The Morgan fingerprint density at radius 3 is 2.81 bits per heavy atom. The molecular formula is C12H11NO3. The molecule has 0 spiro atoms. The van der Waals surface area contributed by atoms with Crippen LogP contribution < -0.4 is 5.56 Å². The van der Waals surface area contributed by atoms with E-state index in [1.165, 1.54) is 0 Å². The highest BCUT2D eigenvalue weighted by Gasteiger charge is 2.03. The van der Waals surface area contributed by atoms with Gasteiger partial charge in [0.1, 0.15) is 0 Å². The molecule has 0 aliphatic heterocycles. The molecule has 0 aliphatic carbocycles. The van der Waals surface area contributed by atoms with Crippen LogP contribution >= 0.6 is 0 Å². The number of pyridine rings is 1. The van der Waals surface area contributed by atoms with Crippen LogP contribution in [0, 0.1) is 6.92 Å². The van der Waals surface area contributed by atoms with Crippen molar-refractivity contribution in [3.8, 4) is 0 Å². The first-order valence-electron chi connectivity index (χ1n) is 4.90. The summed E-state index contributed by atoms with van der Waals surface area (Å²) in [6.07, 6.45) is -0.0359. The predicted molar refractivity (Wildman–Crippen MR) is 60.6 cm³/mol. The number of benzene rings is 1. The highest BCUT2D eigenvalue weighted by atomic mass is 16.4. The van der Waals surface area contributed by atoms with Crippen molar-refractivity contribution in [1.82, 2.24) is 4.98 Å². The molecule has 4 nitrogen and oxygen atoms in total. The van der Waals surface area contributed by atoms with Crippen molar-refractivity contribution >= 4 is 16.9 Å². The first-order valence-corrected chi connectivity index (χ1v) is 4.90. The fraction of sp³-hybridized carbons (Fsp3) is 0.167. The summed E-state index contributed by atoms with van der Waals surface area (Å²) in [5.74, 6) is -0.881. The maximum Gasteiger partial charge on any atom is 0.307 e. The van der Waals surface area contributed by atoms with Gasteiger partial charge in [0, 0.05) is 11.1 Å². The third-order valence-electron chi connectivity index (χ3n) is 2.45. The number of aryl methyl sites for hydroxylation is 1. The third kappa shape index (κ3) is 1.95. The number of hydrogen-bond acceptors (Lipinski definition) is 2. The minimum atomic E-state index is -0.881. The summed E-state index contributed by atoms with van der Waals surface area (Å²) >= 11 is 0. The van der Waals surface area contributed by atoms with E-state index in [0.29, 0.717) is 16.6 Å². The minimum absolute atomic E-state index is 0.0359. The van der Waals surface area contributed by atoms with Crippen LogP contribution in [0.15, 0.2) is 29.1 Å². The number of rotatable bonds is 2. The number of carboxylic acids is 1. The van der Waals surface area contributed by atoms with E-state index in [0.717, 1.165) is 5.39 Å². The summed E-state index contributed by atoms with van der Waals surface area (Å²) in [6.45, 7) is 1.74. The minimum Gasteiger partial charge on any atom is -0.481 e. The molecule has 16 heavy (non-hydrogen) atoms. The highest BCUT2D eigenvalue weighted by Crippen LogP contribution is 2.13. The molecule has 1 aromatic heterocycles. The summed E-state index contributed by atoms with van der Waals surface area (Å²) < 4.78 is 0. The van der Waals surface area contributed by atoms with E-state index in [4.69, 9.17) is 5.11 Å². The number of fused-ring (bicyclic) bond motifs is 1. The molecule has 4 heteroatoms. The predicted octanol–water partition coefficient (Wildman–Crippen LogP) is 1.46. The maximum atomic E-state index is 11.4. The second-order valence-electron chi connectivity index (χ2n) is 3.77. The van der Waals surface area contributed by atoms with E-state index in [9.17, 15) is 9.59 Å². The highest BCUT2D eigenvalue weighted by molar-refractivity contribution is 5.81. The van der Waals surface area contributed by atoms with E-state index >= 15 is 0 Å². The lowest BCUT2D eigenvalue weighted by molar-refractivity contribution is -0.136. The second-order valence-corrected chi connectivity index (χ2v) is 3.77. The molecule has 1 aromatic carbocycles. The standard InChI is InChI=1S/C12H11NO3/c1-7-4-9-3-2-8(6-11(14)15)5-10(9)13-12(7)16/h2-5H,6H2,1H3,(H,13,16)(H,14,15). The first-order chi connectivity index (χ1) is 7.56. The zero-order valence-electron chi connectivity index (χ0n) is 8.78. The fourth-order valence-electron chi connectivity index (χ4n) is 1.64. The average Bonchev–Trinajstić information content (AvgIpc) is 2.19. The Balaban J connectivity index is 2.57. The van der Waals surface area contributed by atoms with Crippen LogP contribution in [0.4, 0.5) is 0 Å². The van der Waals surface area contributed by atoms with Crippen LogP contribution in [0.2, 0.25) is 0 Å². The van der Waals surface area contributed by atoms with Crippen molar-refractivity contribution in [3.63, 3.8) is 0 Å². The van der Waals surface area contributed by atoms with Gasteiger partial charge in [-0.15, -0.1) is 0 Å². The van der Waals surface area contributed by atoms with E-state index in [1.54, 1.807) is 25.1 Å². The number of aromatic nitrogens is 1. The Morgan fingerprint density at radius 2 is 2.12 bits per heavy atom. The third-order valence-corrected chi connectivity index (χ3v) is 2.45. The molecule has 0 atom stereocenters. The zero-order chi connectivity index (χ0) is 11.7. The molecule has 2 aromatic rings. The van der Waals surface area contributed by atoms with Gasteiger partial charge in [0.25, 0.3) is 5.56 Å². The quantitative estimate of drug-likeness (QED) is 0.800. The summed E-state index contributed by atoms with van der Waals surface area (Å²) in [5.41, 5.74) is 1.87. The Bertz CT molecular complexity index is 613. The number of carbonyl (C=O) groups is 1. The molecule has 82 valence electrons. The molecule has 0 saturated heterocycles. The molecule has 0 fully saturated rings. The van der Waals surface area contributed by atoms with Crippen LogP contribution in [0.1, 0.15) is 11.1 Å². The molecule has 2 N–H and O–H groups in total. The van der Waals surface area contributed by atoms with E-state index in [1.807, 2.05) is 6.07 Å². The molecule has 0 unspecified atom stereocenters. The van der Waals surface area contributed by atoms with Crippen molar-refractivity contribution in [3.05, 3.63) is 45.7 Å². The molecule has 0 saturated carbocycles. The first kappa shape index (κ1) is 10.4. The number of aliphatic carboxylic acids is 1. The van der Waals surface area contributed by atoms with Crippen molar-refractivity contribution in [2.24, 2.45) is 0 Å². The van der Waals surface area contributed by atoms with E-state index in [-0.39, 0.29) is 12.0 Å². The van der Waals surface area contributed by atoms with Crippen molar-refractivity contribution in [1.29, 1.82) is 0 Å². The van der Waals surface area contributed by atoms with Gasteiger partial charge in [-0.05, 0) is 30.0 Å². The van der Waals surface area contributed by atoms with Gasteiger partial charge in [-0.2, -0.15) is 0 Å². The van der Waals surface area contributed by atoms with Gasteiger partial charge in [0.15, 0.2) is 0 Å². The number of hydrogen-bond donors (Lipinski definition) is 2. The van der Waals surface area contributed by atoms with E-state index in [2.05, 4.69) is 4.98 Å². The largest absolute Gasteiger partial charge is 0.481 e. The van der Waals surface area contributed by atoms with Crippen molar-refractivity contribution in [2.45, 2.75) is 13.3 Å². The Labute approximate surface area is 91.5 Å². The van der Waals surface area contributed by atoms with Gasteiger partial charge < -0.3 is 10.1 Å². The van der Waals surface area contributed by atoms with E-state index < -0.39 is 5.97 Å². The molecule has 0 bridgehead atoms. The zero-order valence-corrected chi connectivity index (χ0v) is 8.78. The summed E-state index contributed by atoms with van der Waals surface area (Å²) in [6, 6.07) is 7.06. The lowest BCUT2D eigenvalue weighted by Crippen LogP contribution is -2.09. The molecule has 1 heterocycles. The summed E-state index contributed by atoms with van der Waals surface area (Å²) in [5, 5.41) is 9.57. The molecule has 0 aliphatic rings. The fourth-order valence-corrected chi connectivity index (χ4v) is 1.64. The van der Waals surface area contributed by atoms with Gasteiger partial charge in [-0.25, -0.2) is 0 Å². The van der Waals surface area contributed by atoms with Crippen molar-refractivity contribution < 1.29 is 9.90 Å². The molecule has 0 radical (unpaired) electrons. The Morgan fingerprint density at radius 1 is 1.38 bits per heavy atom. The number of carboxylic acid groups (broad SMARTS) is 1. The molecule has 0 amide bonds. The smallest absolute Gasteiger partial charge is 0.307 e. The molecular weight excluding hydrogens is 206 g/mol. The van der Waals surface area contributed by atoms with Crippen LogP contribution in [-0.2, 0) is 11.2 Å². The lowest BCUT2D eigenvalue weighted by atomic mass is 10.1. The van der Waals surface area contributed by atoms with Gasteiger partial charge in [-0.1, -0.05) is 12.1 Å².